The third-order valence-corrected chi connectivity index (χ3v) is 8.30. The van der Waals surface area contributed by atoms with Crippen molar-refractivity contribution in [1.29, 1.82) is 0 Å². The normalized spacial score (nSPS) is 14.2. The molecule has 0 saturated heterocycles. The lowest BCUT2D eigenvalue weighted by molar-refractivity contribution is 0.0618. The summed E-state index contributed by atoms with van der Waals surface area (Å²) in [5, 5.41) is 15.1. The molecule has 180 valence electrons. The van der Waals surface area contributed by atoms with Crippen molar-refractivity contribution in [2.75, 3.05) is 12.4 Å². The molecule has 0 spiro atoms. The number of halogens is 1. The van der Waals surface area contributed by atoms with Crippen LogP contribution in [0.4, 0.5) is 5.95 Å². The molecular formula is C27H27ClN4O2S. The lowest BCUT2D eigenvalue weighted by Gasteiger charge is -2.34. The molecule has 1 amide bonds. The smallest absolute Gasteiger partial charge is 0.266 e. The van der Waals surface area contributed by atoms with E-state index in [0.717, 1.165) is 46.9 Å². The summed E-state index contributed by atoms with van der Waals surface area (Å²) in [4.78, 5) is 25.0. The summed E-state index contributed by atoms with van der Waals surface area (Å²) >= 11 is 8.13. The number of nitrogens with zero attached hydrogens (tertiary/aromatic N) is 3. The van der Waals surface area contributed by atoms with Crippen LogP contribution in [-0.4, -0.2) is 39.0 Å². The number of phenolic OH excluding ortho intramolecular Hbond substituents is 1. The zero-order chi connectivity index (χ0) is 24.4. The Bertz CT molecular complexity index is 1350. The second kappa shape index (κ2) is 10.2. The fourth-order valence-corrected chi connectivity index (χ4v) is 6.19. The number of fused-ring (bicyclic) bond motifs is 1. The van der Waals surface area contributed by atoms with Crippen molar-refractivity contribution >= 4 is 44.9 Å². The van der Waals surface area contributed by atoms with Gasteiger partial charge in [0.15, 0.2) is 0 Å². The second-order valence-corrected chi connectivity index (χ2v) is 10.3. The van der Waals surface area contributed by atoms with E-state index in [-0.39, 0.29) is 17.7 Å². The lowest BCUT2D eigenvalue weighted by Crippen LogP contribution is -2.40. The Balaban J connectivity index is 1.50. The predicted octanol–water partition coefficient (Wildman–Crippen LogP) is 6.73. The summed E-state index contributed by atoms with van der Waals surface area (Å²) in [6.07, 6.45) is 8.77. The van der Waals surface area contributed by atoms with E-state index in [9.17, 15) is 9.90 Å². The summed E-state index contributed by atoms with van der Waals surface area (Å²) in [5.74, 6) is 0.634. The summed E-state index contributed by atoms with van der Waals surface area (Å²) in [7, 11) is 1.77. The van der Waals surface area contributed by atoms with Crippen molar-refractivity contribution in [3.05, 3.63) is 70.3 Å². The monoisotopic (exact) mass is 506 g/mol. The first-order valence-corrected chi connectivity index (χ1v) is 13.0. The quantitative estimate of drug-likeness (QED) is 0.303. The van der Waals surface area contributed by atoms with E-state index in [2.05, 4.69) is 15.3 Å². The Morgan fingerprint density at radius 3 is 2.57 bits per heavy atom. The number of aromatic nitrogens is 2. The average molecular weight is 507 g/mol. The molecule has 0 unspecified atom stereocenters. The van der Waals surface area contributed by atoms with Gasteiger partial charge in [0, 0.05) is 53.2 Å². The van der Waals surface area contributed by atoms with Gasteiger partial charge in [0.1, 0.15) is 10.6 Å². The standard InChI is InChI=1S/C27H27ClN4O2S/c1-29-27-30-14-19(15-31-27)17-11-12-22(33)18(13-17)16-32(20-7-3-2-4-8-20)26(34)25-24(28)21-9-5-6-10-23(21)35-25/h5-6,9-15,20,33H,2-4,7-8,16H2,1H3,(H,29,30,31). The molecule has 2 heterocycles. The van der Waals surface area contributed by atoms with Gasteiger partial charge in [0.2, 0.25) is 5.95 Å². The van der Waals surface area contributed by atoms with Crippen molar-refractivity contribution in [3.8, 4) is 16.9 Å². The van der Waals surface area contributed by atoms with E-state index in [1.54, 1.807) is 25.5 Å². The van der Waals surface area contributed by atoms with Gasteiger partial charge in [-0.05, 0) is 36.6 Å². The largest absolute Gasteiger partial charge is 0.508 e. The first kappa shape index (κ1) is 23.6. The number of carbonyl (C=O) groups excluding carboxylic acids is 1. The van der Waals surface area contributed by atoms with Gasteiger partial charge < -0.3 is 15.3 Å². The minimum absolute atomic E-state index is 0.0744. The fourth-order valence-electron chi connectivity index (χ4n) is 4.72. The van der Waals surface area contributed by atoms with Gasteiger partial charge in [-0.15, -0.1) is 11.3 Å². The van der Waals surface area contributed by atoms with E-state index in [0.29, 0.717) is 28.0 Å². The van der Waals surface area contributed by atoms with Gasteiger partial charge in [0.05, 0.1) is 5.02 Å². The minimum Gasteiger partial charge on any atom is -0.508 e. The molecule has 0 aliphatic heterocycles. The van der Waals surface area contributed by atoms with E-state index in [1.807, 2.05) is 41.3 Å². The van der Waals surface area contributed by atoms with Gasteiger partial charge in [-0.25, -0.2) is 9.97 Å². The fraction of sp³-hybridized carbons (Fsp3) is 0.296. The number of rotatable bonds is 6. The zero-order valence-electron chi connectivity index (χ0n) is 19.5. The van der Waals surface area contributed by atoms with Gasteiger partial charge >= 0.3 is 0 Å². The van der Waals surface area contributed by atoms with Gasteiger partial charge in [-0.2, -0.15) is 0 Å². The first-order chi connectivity index (χ1) is 17.0. The van der Waals surface area contributed by atoms with Crippen LogP contribution in [0.5, 0.6) is 5.75 Å². The highest BCUT2D eigenvalue weighted by Crippen LogP contribution is 2.38. The number of carbonyl (C=O) groups is 1. The Kier molecular flexibility index (Phi) is 6.88. The topological polar surface area (TPSA) is 78.4 Å². The molecule has 2 N–H and O–H groups in total. The molecule has 6 nitrogen and oxygen atoms in total. The summed E-state index contributed by atoms with van der Waals surface area (Å²) in [6, 6.07) is 13.4. The van der Waals surface area contributed by atoms with Crippen molar-refractivity contribution in [3.63, 3.8) is 0 Å². The SMILES string of the molecule is CNc1ncc(-c2ccc(O)c(CN(C(=O)c3sc4ccccc4c3Cl)C3CCCCC3)c2)cn1. The van der Waals surface area contributed by atoms with E-state index in [4.69, 9.17) is 11.6 Å². The third kappa shape index (κ3) is 4.83. The summed E-state index contributed by atoms with van der Waals surface area (Å²) in [5.41, 5.74) is 2.42. The second-order valence-electron chi connectivity index (χ2n) is 8.86. The molecule has 0 atom stereocenters. The molecule has 35 heavy (non-hydrogen) atoms. The molecule has 1 fully saturated rings. The maximum atomic E-state index is 13.9. The van der Waals surface area contributed by atoms with Gasteiger partial charge in [0.25, 0.3) is 5.91 Å². The Morgan fingerprint density at radius 2 is 1.86 bits per heavy atom. The highest BCUT2D eigenvalue weighted by atomic mass is 35.5. The lowest BCUT2D eigenvalue weighted by atomic mass is 9.93. The Morgan fingerprint density at radius 1 is 1.11 bits per heavy atom. The average Bonchev–Trinajstić information content (AvgIpc) is 3.25. The van der Waals surface area contributed by atoms with Crippen molar-refractivity contribution in [1.82, 2.24) is 14.9 Å². The van der Waals surface area contributed by atoms with Crippen molar-refractivity contribution < 1.29 is 9.90 Å². The number of anilines is 1. The number of phenols is 1. The van der Waals surface area contributed by atoms with Crippen LogP contribution in [-0.2, 0) is 6.54 Å². The molecule has 0 radical (unpaired) electrons. The molecule has 1 aliphatic carbocycles. The minimum atomic E-state index is -0.0744. The number of amides is 1. The number of benzene rings is 2. The molecule has 2 aromatic heterocycles. The molecular weight excluding hydrogens is 480 g/mol. The van der Waals surface area contributed by atoms with Crippen LogP contribution in [0.1, 0.15) is 47.3 Å². The Labute approximate surface area is 213 Å². The summed E-state index contributed by atoms with van der Waals surface area (Å²) in [6.45, 7) is 0.309. The molecule has 8 heteroatoms. The number of aromatic hydroxyl groups is 1. The Hall–Kier alpha value is -3.16. The van der Waals surface area contributed by atoms with Crippen LogP contribution < -0.4 is 5.32 Å². The number of hydrogen-bond donors (Lipinski definition) is 2. The summed E-state index contributed by atoms with van der Waals surface area (Å²) < 4.78 is 0.999. The highest BCUT2D eigenvalue weighted by molar-refractivity contribution is 7.21. The molecule has 2 aromatic carbocycles. The van der Waals surface area contributed by atoms with E-state index in [1.165, 1.54) is 17.8 Å². The molecule has 1 aliphatic rings. The zero-order valence-corrected chi connectivity index (χ0v) is 21.1. The maximum Gasteiger partial charge on any atom is 0.266 e. The third-order valence-electron chi connectivity index (χ3n) is 6.63. The number of nitrogens with one attached hydrogen (secondary N) is 1. The van der Waals surface area contributed by atoms with Crippen LogP contribution in [0.3, 0.4) is 0 Å². The van der Waals surface area contributed by atoms with E-state index < -0.39 is 0 Å². The van der Waals surface area contributed by atoms with Crippen LogP contribution in [0.15, 0.2) is 54.9 Å². The first-order valence-electron chi connectivity index (χ1n) is 11.8. The van der Waals surface area contributed by atoms with Crippen molar-refractivity contribution in [2.24, 2.45) is 0 Å². The van der Waals surface area contributed by atoms with Gasteiger partial charge in [-0.3, -0.25) is 4.79 Å². The predicted molar refractivity (Wildman–Crippen MR) is 142 cm³/mol. The maximum absolute atomic E-state index is 13.9. The van der Waals surface area contributed by atoms with Gasteiger partial charge in [-0.1, -0.05) is 55.1 Å². The van der Waals surface area contributed by atoms with Crippen LogP contribution in [0, 0.1) is 0 Å². The van der Waals surface area contributed by atoms with Crippen LogP contribution in [0.2, 0.25) is 5.02 Å². The molecule has 5 rings (SSSR count). The van der Waals surface area contributed by atoms with Crippen LogP contribution >= 0.6 is 22.9 Å². The van der Waals surface area contributed by atoms with Crippen LogP contribution in [0.25, 0.3) is 21.2 Å². The molecule has 1 saturated carbocycles. The van der Waals surface area contributed by atoms with Crippen molar-refractivity contribution in [2.45, 2.75) is 44.7 Å². The molecule has 4 aromatic rings. The van der Waals surface area contributed by atoms with E-state index >= 15 is 0 Å². The number of thiophene rings is 1. The highest BCUT2D eigenvalue weighted by Gasteiger charge is 2.30. The number of hydrogen-bond acceptors (Lipinski definition) is 6. The molecule has 0 bridgehead atoms.